The van der Waals surface area contributed by atoms with Crippen LogP contribution in [-0.2, 0) is 13.6 Å². The van der Waals surface area contributed by atoms with Crippen molar-refractivity contribution in [1.29, 1.82) is 0 Å². The zero-order valence-corrected chi connectivity index (χ0v) is 7.54. The first-order valence-corrected chi connectivity index (χ1v) is 4.06. The first kappa shape index (κ1) is 12.3. The maximum Gasteiger partial charge on any atom is 0.696 e. The second-order valence-corrected chi connectivity index (χ2v) is 2.68. The molecule has 0 aliphatic rings. The van der Waals surface area contributed by atoms with Crippen molar-refractivity contribution in [2.24, 2.45) is 0 Å². The van der Waals surface area contributed by atoms with Crippen molar-refractivity contribution in [2.45, 2.75) is 0 Å². The predicted octanol–water partition coefficient (Wildman–Crippen LogP) is 2.36. The standard InChI is InChI=1S/C2H6O3P.CH2Cl2/c1-4-6(3)5-2;2-1-3/h1-2H3;1H2/q+1;. The van der Waals surface area contributed by atoms with Gasteiger partial charge in [-0.05, 0) is 0 Å². The van der Waals surface area contributed by atoms with Gasteiger partial charge in [0.1, 0.15) is 0 Å². The molecule has 0 saturated heterocycles. The molecule has 0 aliphatic carbocycles. The summed E-state index contributed by atoms with van der Waals surface area (Å²) in [6.07, 6.45) is 0. The molecule has 56 valence electrons. The highest BCUT2D eigenvalue weighted by Gasteiger charge is 2.10. The van der Waals surface area contributed by atoms with Crippen LogP contribution in [-0.4, -0.2) is 19.6 Å². The van der Waals surface area contributed by atoms with Gasteiger partial charge >= 0.3 is 8.25 Å². The first-order chi connectivity index (χ1) is 4.22. The maximum absolute atomic E-state index is 9.88. The molecule has 9 heavy (non-hydrogen) atoms. The third-order valence-electron chi connectivity index (χ3n) is 0.298. The van der Waals surface area contributed by atoms with Crippen LogP contribution in [0.25, 0.3) is 0 Å². The summed E-state index contributed by atoms with van der Waals surface area (Å²) in [6, 6.07) is 0. The van der Waals surface area contributed by atoms with E-state index < -0.39 is 8.25 Å². The lowest BCUT2D eigenvalue weighted by molar-refractivity contribution is 0.302. The predicted molar refractivity (Wildman–Crippen MR) is 38.2 cm³/mol. The van der Waals surface area contributed by atoms with Gasteiger partial charge in [-0.15, -0.1) is 32.2 Å². The summed E-state index contributed by atoms with van der Waals surface area (Å²) in [5.74, 6) is 0. The highest BCUT2D eigenvalue weighted by Crippen LogP contribution is 2.18. The van der Waals surface area contributed by atoms with Crippen molar-refractivity contribution in [3.05, 3.63) is 0 Å². The van der Waals surface area contributed by atoms with E-state index in [0.717, 1.165) is 0 Å². The van der Waals surface area contributed by atoms with E-state index in [4.69, 9.17) is 23.2 Å². The van der Waals surface area contributed by atoms with Crippen molar-refractivity contribution in [3.63, 3.8) is 0 Å². The van der Waals surface area contributed by atoms with Gasteiger partial charge in [-0.2, -0.15) is 0 Å². The average molecular weight is 194 g/mol. The number of halogens is 2. The quantitative estimate of drug-likeness (QED) is 0.499. The zero-order valence-electron chi connectivity index (χ0n) is 5.13. The lowest BCUT2D eigenvalue weighted by atomic mass is 11.8. The minimum Gasteiger partial charge on any atom is -0.122 e. The molecular formula is C3H8Cl2O3P+. The van der Waals surface area contributed by atoms with Crippen molar-refractivity contribution in [1.82, 2.24) is 0 Å². The van der Waals surface area contributed by atoms with Crippen LogP contribution in [0.5, 0.6) is 0 Å². The van der Waals surface area contributed by atoms with Gasteiger partial charge in [0.2, 0.25) is 0 Å². The molecule has 0 spiro atoms. The van der Waals surface area contributed by atoms with Gasteiger partial charge < -0.3 is 0 Å². The third kappa shape index (κ3) is 17.7. The molecule has 3 nitrogen and oxygen atoms in total. The molecule has 6 heteroatoms. The lowest BCUT2D eigenvalue weighted by Gasteiger charge is -1.66. The fraction of sp³-hybridized carbons (Fsp3) is 1.00. The van der Waals surface area contributed by atoms with Gasteiger partial charge in [-0.25, -0.2) is 0 Å². The Bertz CT molecular complexity index is 64.1. The Morgan fingerprint density at radius 3 is 1.56 bits per heavy atom. The molecule has 0 atom stereocenters. The van der Waals surface area contributed by atoms with Crippen LogP contribution in [0.3, 0.4) is 0 Å². The molecular weight excluding hydrogens is 186 g/mol. The van der Waals surface area contributed by atoms with Crippen molar-refractivity contribution >= 4 is 31.5 Å². The Hall–Kier alpha value is 0.600. The summed E-state index contributed by atoms with van der Waals surface area (Å²) >= 11 is 9.53. The molecule has 0 bridgehead atoms. The Balaban J connectivity index is 0. The van der Waals surface area contributed by atoms with E-state index in [9.17, 15) is 4.57 Å². The van der Waals surface area contributed by atoms with Gasteiger partial charge in [-0.3, -0.25) is 0 Å². The molecule has 0 fully saturated rings. The lowest BCUT2D eigenvalue weighted by Crippen LogP contribution is -1.66. The summed E-state index contributed by atoms with van der Waals surface area (Å²) in [7, 11) is 0.817. The fourth-order valence-electron chi connectivity index (χ4n) is 0.0745. The fourth-order valence-corrected chi connectivity index (χ4v) is 0.224. The van der Waals surface area contributed by atoms with Crippen molar-refractivity contribution < 1.29 is 13.6 Å². The second kappa shape index (κ2) is 11.4. The highest BCUT2D eigenvalue weighted by molar-refractivity contribution is 7.33. The van der Waals surface area contributed by atoms with E-state index in [1.165, 1.54) is 14.2 Å². The van der Waals surface area contributed by atoms with E-state index in [0.29, 0.717) is 0 Å². The van der Waals surface area contributed by atoms with Crippen molar-refractivity contribution in [3.8, 4) is 0 Å². The molecule has 0 heterocycles. The second-order valence-electron chi connectivity index (χ2n) is 0.690. The van der Waals surface area contributed by atoms with E-state index in [-0.39, 0.29) is 5.34 Å². The van der Waals surface area contributed by atoms with Gasteiger partial charge in [0.05, 0.1) is 19.6 Å². The van der Waals surface area contributed by atoms with Gasteiger partial charge in [0.15, 0.2) is 0 Å². The number of hydrogen-bond acceptors (Lipinski definition) is 3. The van der Waals surface area contributed by atoms with Gasteiger partial charge in [0.25, 0.3) is 0 Å². The van der Waals surface area contributed by atoms with Crippen molar-refractivity contribution in [2.75, 3.05) is 19.6 Å². The molecule has 0 aromatic heterocycles. The smallest absolute Gasteiger partial charge is 0.122 e. The maximum atomic E-state index is 9.88. The van der Waals surface area contributed by atoms with Gasteiger partial charge in [-0.1, -0.05) is 0 Å². The Morgan fingerprint density at radius 1 is 1.33 bits per heavy atom. The number of rotatable bonds is 2. The summed E-state index contributed by atoms with van der Waals surface area (Å²) < 4.78 is 18.3. The zero-order chi connectivity index (χ0) is 7.70. The molecule has 0 radical (unpaired) electrons. The van der Waals surface area contributed by atoms with Crippen LogP contribution in [0.15, 0.2) is 0 Å². The van der Waals surface area contributed by atoms with Crippen LogP contribution in [0, 0.1) is 0 Å². The number of alkyl halides is 2. The van der Waals surface area contributed by atoms with Crippen LogP contribution in [0.1, 0.15) is 0 Å². The molecule has 0 N–H and O–H groups in total. The van der Waals surface area contributed by atoms with E-state index >= 15 is 0 Å². The molecule has 0 unspecified atom stereocenters. The summed E-state index contributed by atoms with van der Waals surface area (Å²) in [5, 5.41) is 0.194. The molecule has 0 rings (SSSR count). The average Bonchev–Trinajstić information content (AvgIpc) is 1.88. The Labute approximate surface area is 65.2 Å². The van der Waals surface area contributed by atoms with Crippen LogP contribution >= 0.6 is 31.5 Å². The Kier molecular flexibility index (Phi) is 15.6. The van der Waals surface area contributed by atoms with E-state index in [1.807, 2.05) is 0 Å². The first-order valence-electron chi connectivity index (χ1n) is 1.90. The molecule has 0 aliphatic heterocycles. The molecule has 0 aromatic rings. The van der Waals surface area contributed by atoms with E-state index in [2.05, 4.69) is 9.05 Å². The minimum atomic E-state index is -1.83. The van der Waals surface area contributed by atoms with E-state index in [1.54, 1.807) is 0 Å². The SMILES string of the molecule is CO[P+](=O)OC.ClCCl. The monoisotopic (exact) mass is 193 g/mol. The topological polar surface area (TPSA) is 35.5 Å². The summed E-state index contributed by atoms with van der Waals surface area (Å²) in [5.41, 5.74) is 0. The Morgan fingerprint density at radius 2 is 1.56 bits per heavy atom. The van der Waals surface area contributed by atoms with Crippen LogP contribution < -0.4 is 0 Å². The van der Waals surface area contributed by atoms with Crippen LogP contribution in [0.4, 0.5) is 0 Å². The minimum absolute atomic E-state index is 0.194. The largest absolute Gasteiger partial charge is 0.696 e. The highest BCUT2D eigenvalue weighted by atomic mass is 35.5. The van der Waals surface area contributed by atoms with Gasteiger partial charge in [0, 0.05) is 4.57 Å². The normalized spacial score (nSPS) is 7.56. The summed E-state index contributed by atoms with van der Waals surface area (Å²) in [6.45, 7) is 0. The summed E-state index contributed by atoms with van der Waals surface area (Å²) in [4.78, 5) is 0. The number of hydrogen-bond donors (Lipinski definition) is 0. The molecule has 0 aromatic carbocycles. The van der Waals surface area contributed by atoms with Crippen LogP contribution in [0.2, 0.25) is 0 Å². The molecule has 0 saturated carbocycles. The molecule has 0 amide bonds. The third-order valence-corrected chi connectivity index (χ3v) is 0.894.